The first-order valence-electron chi connectivity index (χ1n) is 11.2. The summed E-state index contributed by atoms with van der Waals surface area (Å²) in [5.41, 5.74) is 16.5. The van der Waals surface area contributed by atoms with Crippen molar-refractivity contribution >= 4 is 41.0 Å². The number of aliphatic carboxylic acids is 1. The van der Waals surface area contributed by atoms with Gasteiger partial charge in [0, 0.05) is 24.4 Å². The molecule has 39 heavy (non-hydrogen) atoms. The lowest BCUT2D eigenvalue weighted by molar-refractivity contribution is -0.384. The van der Waals surface area contributed by atoms with E-state index in [2.05, 4.69) is 20.9 Å². The van der Waals surface area contributed by atoms with Crippen LogP contribution in [0.2, 0.25) is 0 Å². The number of rotatable bonds is 12. The van der Waals surface area contributed by atoms with Gasteiger partial charge in [-0.05, 0) is 30.9 Å². The number of hydrogen-bond acceptors (Lipinski definition) is 8. The number of carboxylic acids is 1. The summed E-state index contributed by atoms with van der Waals surface area (Å²) < 4.78 is 31.7. The highest BCUT2D eigenvalue weighted by molar-refractivity contribution is 5.98. The van der Waals surface area contributed by atoms with Crippen LogP contribution in [0.5, 0.6) is 0 Å². The third-order valence-electron chi connectivity index (χ3n) is 4.63. The Balaban J connectivity index is 0.00000181. The van der Waals surface area contributed by atoms with E-state index in [9.17, 15) is 37.7 Å². The topological polar surface area (TPSA) is 258 Å². The average Bonchev–Trinajstić information content (AvgIpc) is 2.83. The molecule has 0 aromatic heterocycles. The number of nitro benzene ring substituents is 1. The Bertz CT molecular complexity index is 1030. The lowest BCUT2D eigenvalue weighted by Gasteiger charge is -2.19. The van der Waals surface area contributed by atoms with Crippen molar-refractivity contribution in [3.8, 4) is 0 Å². The Labute approximate surface area is 220 Å². The number of carbonyl (C=O) groups excluding carboxylic acids is 3. The fourth-order valence-corrected chi connectivity index (χ4v) is 2.50. The molecule has 0 aliphatic rings. The Hall–Kier alpha value is -4.48. The van der Waals surface area contributed by atoms with Gasteiger partial charge in [0.25, 0.3) is 5.69 Å². The molecule has 1 aromatic rings. The number of nitrogens with two attached hydrogens (primary N) is 3. The minimum atomic E-state index is -5.08. The molecule has 15 nitrogen and oxygen atoms in total. The predicted octanol–water partition coefficient (Wildman–Crippen LogP) is -0.195. The molecule has 0 heterocycles. The zero-order valence-corrected chi connectivity index (χ0v) is 21.0. The molecule has 0 radical (unpaired) electrons. The van der Waals surface area contributed by atoms with E-state index < -0.39 is 46.9 Å². The van der Waals surface area contributed by atoms with Crippen LogP contribution in [0.15, 0.2) is 29.3 Å². The molecule has 0 unspecified atom stereocenters. The molecular weight excluding hydrogens is 533 g/mol. The van der Waals surface area contributed by atoms with Gasteiger partial charge in [0.1, 0.15) is 6.04 Å². The van der Waals surface area contributed by atoms with Crippen LogP contribution in [-0.4, -0.2) is 71.0 Å². The Morgan fingerprint density at radius 2 is 1.64 bits per heavy atom. The van der Waals surface area contributed by atoms with Gasteiger partial charge in [-0.2, -0.15) is 13.2 Å². The molecule has 18 heteroatoms. The highest BCUT2D eigenvalue weighted by Gasteiger charge is 2.38. The molecule has 2 atom stereocenters. The first kappa shape index (κ1) is 34.5. The van der Waals surface area contributed by atoms with E-state index in [1.165, 1.54) is 24.3 Å². The Kier molecular flexibility index (Phi) is 14.5. The van der Waals surface area contributed by atoms with Gasteiger partial charge in [-0.1, -0.05) is 13.8 Å². The van der Waals surface area contributed by atoms with E-state index in [1.807, 2.05) is 0 Å². The number of aliphatic imine (C=N–C) groups is 1. The monoisotopic (exact) mass is 564 g/mol. The number of nitrogens with zero attached hydrogens (tertiary/aromatic N) is 2. The van der Waals surface area contributed by atoms with Crippen LogP contribution in [0.25, 0.3) is 0 Å². The van der Waals surface area contributed by atoms with E-state index >= 15 is 0 Å². The summed E-state index contributed by atoms with van der Waals surface area (Å²) in [6, 6.07) is 3.53. The number of non-ortho nitro benzene ring substituents is 1. The zero-order valence-electron chi connectivity index (χ0n) is 21.0. The summed E-state index contributed by atoms with van der Waals surface area (Å²) in [6.07, 6.45) is -4.48. The molecule has 10 N–H and O–H groups in total. The van der Waals surface area contributed by atoms with Crippen LogP contribution in [0.3, 0.4) is 0 Å². The van der Waals surface area contributed by atoms with Gasteiger partial charge in [0.05, 0.1) is 17.5 Å². The fraction of sp³-hybridized carbons (Fsp3) is 0.476. The van der Waals surface area contributed by atoms with Crippen LogP contribution >= 0.6 is 0 Å². The van der Waals surface area contributed by atoms with E-state index in [1.54, 1.807) is 13.8 Å². The maximum absolute atomic E-state index is 12.7. The molecule has 1 aromatic carbocycles. The third-order valence-corrected chi connectivity index (χ3v) is 4.63. The summed E-state index contributed by atoms with van der Waals surface area (Å²) in [5, 5.41) is 25.5. The highest BCUT2D eigenvalue weighted by atomic mass is 19.4. The van der Waals surface area contributed by atoms with Crippen molar-refractivity contribution in [3.63, 3.8) is 0 Å². The SMILES string of the molecule is CC(C)[C@@H](N)C(=O)NCC(=O)N[C@@H](CCCN=C(N)N)C(=O)Nc1ccc([N+](=O)[O-])cc1.O=C(O)C(F)(F)F. The van der Waals surface area contributed by atoms with Gasteiger partial charge in [-0.25, -0.2) is 4.79 Å². The van der Waals surface area contributed by atoms with Gasteiger partial charge < -0.3 is 38.3 Å². The van der Waals surface area contributed by atoms with Gasteiger partial charge >= 0.3 is 12.1 Å². The molecule has 1 rings (SSSR count). The molecule has 0 aliphatic heterocycles. The number of nitro groups is 1. The van der Waals surface area contributed by atoms with E-state index in [-0.39, 0.29) is 37.1 Å². The minimum absolute atomic E-state index is 0.0925. The van der Waals surface area contributed by atoms with Gasteiger partial charge in [-0.15, -0.1) is 0 Å². The standard InChI is InChI=1S/C19H30N8O5.C2HF3O2/c1-11(2)16(20)18(30)24-10-15(28)26-14(4-3-9-23-19(21)22)17(29)25-12-5-7-13(8-6-12)27(31)32;3-2(4,5)1(6)7/h5-8,11,14,16H,3-4,9-10,20H2,1-2H3,(H,24,30)(H,25,29)(H,26,28)(H4,21,22,23);(H,6,7)/t14-,16+;/m0./s1. The maximum Gasteiger partial charge on any atom is 0.490 e. The molecule has 0 spiro atoms. The first-order chi connectivity index (χ1) is 17.9. The molecule has 218 valence electrons. The van der Waals surface area contributed by atoms with Crippen molar-refractivity contribution in [3.05, 3.63) is 34.4 Å². The number of halogens is 3. The van der Waals surface area contributed by atoms with Crippen LogP contribution in [0.4, 0.5) is 24.5 Å². The summed E-state index contributed by atoms with van der Waals surface area (Å²) in [6.45, 7) is 3.45. The van der Waals surface area contributed by atoms with E-state index in [0.717, 1.165) is 0 Å². The van der Waals surface area contributed by atoms with Crippen molar-refractivity contribution in [2.45, 2.75) is 44.9 Å². The van der Waals surface area contributed by atoms with Gasteiger partial charge in [0.2, 0.25) is 17.7 Å². The predicted molar refractivity (Wildman–Crippen MR) is 133 cm³/mol. The fourth-order valence-electron chi connectivity index (χ4n) is 2.50. The van der Waals surface area contributed by atoms with Crippen LogP contribution in [0.1, 0.15) is 26.7 Å². The largest absolute Gasteiger partial charge is 0.490 e. The van der Waals surface area contributed by atoms with Crippen LogP contribution in [0, 0.1) is 16.0 Å². The number of benzene rings is 1. The second-order valence-corrected chi connectivity index (χ2v) is 8.15. The van der Waals surface area contributed by atoms with Crippen molar-refractivity contribution in [1.29, 1.82) is 0 Å². The Morgan fingerprint density at radius 1 is 1.10 bits per heavy atom. The van der Waals surface area contributed by atoms with Crippen LogP contribution < -0.4 is 33.2 Å². The molecular formula is C21H31F3N8O7. The smallest absolute Gasteiger partial charge is 0.475 e. The second-order valence-electron chi connectivity index (χ2n) is 8.15. The molecule has 0 bridgehead atoms. The second kappa shape index (κ2) is 16.4. The molecule has 0 aliphatic carbocycles. The first-order valence-corrected chi connectivity index (χ1v) is 11.2. The summed E-state index contributed by atoms with van der Waals surface area (Å²) in [5.74, 6) is -4.55. The molecule has 0 saturated heterocycles. The third kappa shape index (κ3) is 14.7. The number of nitrogens with one attached hydrogen (secondary N) is 3. The number of amides is 3. The molecule has 0 fully saturated rings. The molecule has 0 saturated carbocycles. The van der Waals surface area contributed by atoms with E-state index in [4.69, 9.17) is 27.1 Å². The average molecular weight is 565 g/mol. The summed E-state index contributed by atoms with van der Waals surface area (Å²) >= 11 is 0. The number of carbonyl (C=O) groups is 4. The number of guanidine groups is 1. The molecule has 3 amide bonds. The summed E-state index contributed by atoms with van der Waals surface area (Å²) in [7, 11) is 0. The van der Waals surface area contributed by atoms with Crippen molar-refractivity contribution < 1.29 is 42.4 Å². The van der Waals surface area contributed by atoms with Crippen molar-refractivity contribution in [2.75, 3.05) is 18.4 Å². The van der Waals surface area contributed by atoms with Crippen LogP contribution in [-0.2, 0) is 19.2 Å². The number of alkyl halides is 3. The number of carboxylic acid groups (broad SMARTS) is 1. The maximum atomic E-state index is 12.7. The Morgan fingerprint density at radius 3 is 2.08 bits per heavy atom. The number of hydrogen-bond donors (Lipinski definition) is 7. The minimum Gasteiger partial charge on any atom is -0.475 e. The zero-order chi connectivity index (χ0) is 30.3. The highest BCUT2D eigenvalue weighted by Crippen LogP contribution is 2.16. The van der Waals surface area contributed by atoms with E-state index in [0.29, 0.717) is 12.1 Å². The lowest BCUT2D eigenvalue weighted by atomic mass is 10.1. The van der Waals surface area contributed by atoms with Gasteiger partial charge in [-0.3, -0.25) is 29.5 Å². The van der Waals surface area contributed by atoms with Crippen molar-refractivity contribution in [2.24, 2.45) is 28.1 Å². The normalized spacial score (nSPS) is 12.2. The lowest BCUT2D eigenvalue weighted by Crippen LogP contribution is -2.50. The summed E-state index contributed by atoms with van der Waals surface area (Å²) in [4.78, 5) is 59.8. The quantitative estimate of drug-likeness (QED) is 0.0578. The van der Waals surface area contributed by atoms with Gasteiger partial charge in [0.15, 0.2) is 5.96 Å². The number of anilines is 1. The van der Waals surface area contributed by atoms with Crippen molar-refractivity contribution in [1.82, 2.24) is 10.6 Å².